The number of hydrogen-bond acceptors (Lipinski definition) is 4. The van der Waals surface area contributed by atoms with Gasteiger partial charge in [0.1, 0.15) is 18.5 Å². The third-order valence-electron chi connectivity index (χ3n) is 2.41. The predicted octanol–water partition coefficient (Wildman–Crippen LogP) is 1.19. The van der Waals surface area contributed by atoms with Crippen molar-refractivity contribution in [3.05, 3.63) is 48.5 Å². The van der Waals surface area contributed by atoms with E-state index in [9.17, 15) is 5.11 Å². The van der Waals surface area contributed by atoms with E-state index in [0.29, 0.717) is 17.9 Å². The summed E-state index contributed by atoms with van der Waals surface area (Å²) >= 11 is 0. The maximum Gasteiger partial charge on any atom is 0.119 e. The summed E-state index contributed by atoms with van der Waals surface area (Å²) in [5.74, 6) is 0.638. The smallest absolute Gasteiger partial charge is 0.119 e. The van der Waals surface area contributed by atoms with Crippen molar-refractivity contribution in [1.29, 1.82) is 5.26 Å². The Bertz CT molecular complexity index is 514. The molecule has 0 fully saturated rings. The molecule has 5 nitrogen and oxygen atoms in total. The average molecular weight is 243 g/mol. The third kappa shape index (κ3) is 3.34. The molecule has 1 aromatic carbocycles. The van der Waals surface area contributed by atoms with Crippen molar-refractivity contribution >= 4 is 0 Å². The van der Waals surface area contributed by atoms with Crippen LogP contribution in [0.25, 0.3) is 0 Å². The van der Waals surface area contributed by atoms with E-state index < -0.39 is 6.10 Å². The topological polar surface area (TPSA) is 71.1 Å². The van der Waals surface area contributed by atoms with Crippen molar-refractivity contribution in [3.63, 3.8) is 0 Å². The normalized spacial score (nSPS) is 11.8. The number of ether oxygens (including phenoxy) is 1. The molecule has 0 spiro atoms. The molecule has 0 radical (unpaired) electrons. The first-order valence-corrected chi connectivity index (χ1v) is 5.54. The van der Waals surface area contributed by atoms with E-state index in [1.54, 1.807) is 47.6 Å². The molecule has 1 N–H and O–H groups in total. The van der Waals surface area contributed by atoms with Crippen molar-refractivity contribution in [2.75, 3.05) is 6.61 Å². The molecule has 1 aromatic heterocycles. The number of nitrogens with zero attached hydrogens (tertiary/aromatic N) is 3. The Morgan fingerprint density at radius 3 is 2.78 bits per heavy atom. The molecule has 0 unspecified atom stereocenters. The van der Waals surface area contributed by atoms with Crippen molar-refractivity contribution in [2.45, 2.75) is 12.6 Å². The molecule has 0 amide bonds. The largest absolute Gasteiger partial charge is 0.491 e. The summed E-state index contributed by atoms with van der Waals surface area (Å²) in [6.45, 7) is 0.639. The van der Waals surface area contributed by atoms with Crippen LogP contribution in [-0.4, -0.2) is 27.4 Å². The summed E-state index contributed by atoms with van der Waals surface area (Å²) in [5, 5.41) is 18.4. The van der Waals surface area contributed by atoms with E-state index >= 15 is 0 Å². The van der Waals surface area contributed by atoms with E-state index in [1.807, 2.05) is 6.07 Å². The van der Waals surface area contributed by atoms with Gasteiger partial charge in [-0.05, 0) is 24.3 Å². The maximum atomic E-state index is 9.76. The number of hydrogen-bond donors (Lipinski definition) is 1. The predicted molar refractivity (Wildman–Crippen MR) is 64.9 cm³/mol. The van der Waals surface area contributed by atoms with Crippen LogP contribution in [0.1, 0.15) is 5.56 Å². The van der Waals surface area contributed by atoms with E-state index in [-0.39, 0.29) is 6.61 Å². The molecule has 0 aliphatic rings. The SMILES string of the molecule is N#Cc1ccc(OC[C@H](O)Cn2ccnc2)cc1. The van der Waals surface area contributed by atoms with Gasteiger partial charge in [0.2, 0.25) is 0 Å². The molecular weight excluding hydrogens is 230 g/mol. The van der Waals surface area contributed by atoms with Crippen LogP contribution in [0, 0.1) is 11.3 Å². The molecule has 92 valence electrons. The number of aromatic nitrogens is 2. The highest BCUT2D eigenvalue weighted by Gasteiger charge is 2.06. The van der Waals surface area contributed by atoms with Crippen LogP contribution in [0.5, 0.6) is 5.75 Å². The fraction of sp³-hybridized carbons (Fsp3) is 0.231. The maximum absolute atomic E-state index is 9.76. The molecule has 18 heavy (non-hydrogen) atoms. The molecular formula is C13H13N3O2. The van der Waals surface area contributed by atoms with Crippen LogP contribution in [0.15, 0.2) is 43.0 Å². The lowest BCUT2D eigenvalue weighted by atomic mass is 10.2. The Morgan fingerprint density at radius 2 is 2.17 bits per heavy atom. The van der Waals surface area contributed by atoms with Gasteiger partial charge in [-0.2, -0.15) is 5.26 Å². The van der Waals surface area contributed by atoms with Gasteiger partial charge < -0.3 is 14.4 Å². The number of imidazole rings is 1. The molecule has 0 aliphatic carbocycles. The molecule has 1 heterocycles. The zero-order valence-corrected chi connectivity index (χ0v) is 9.73. The van der Waals surface area contributed by atoms with Crippen molar-refractivity contribution < 1.29 is 9.84 Å². The van der Waals surface area contributed by atoms with Gasteiger partial charge in [0.25, 0.3) is 0 Å². The van der Waals surface area contributed by atoms with Crippen LogP contribution in [0.4, 0.5) is 0 Å². The molecule has 2 aromatic rings. The highest BCUT2D eigenvalue weighted by atomic mass is 16.5. The van der Waals surface area contributed by atoms with Crippen LogP contribution in [0.3, 0.4) is 0 Å². The van der Waals surface area contributed by atoms with Crippen LogP contribution >= 0.6 is 0 Å². The summed E-state index contributed by atoms with van der Waals surface area (Å²) in [5.41, 5.74) is 0.585. The van der Waals surface area contributed by atoms with Crippen molar-refractivity contribution in [1.82, 2.24) is 9.55 Å². The first-order valence-electron chi connectivity index (χ1n) is 5.54. The second-order valence-corrected chi connectivity index (χ2v) is 3.86. The highest BCUT2D eigenvalue weighted by Crippen LogP contribution is 2.11. The highest BCUT2D eigenvalue weighted by molar-refractivity contribution is 5.34. The Hall–Kier alpha value is -2.32. The van der Waals surface area contributed by atoms with Crippen LogP contribution in [-0.2, 0) is 6.54 Å². The van der Waals surface area contributed by atoms with E-state index in [1.165, 1.54) is 0 Å². The fourth-order valence-corrected chi connectivity index (χ4v) is 1.51. The summed E-state index contributed by atoms with van der Waals surface area (Å²) in [4.78, 5) is 3.89. The Kier molecular flexibility index (Phi) is 3.94. The van der Waals surface area contributed by atoms with Crippen LogP contribution in [0.2, 0.25) is 0 Å². The minimum absolute atomic E-state index is 0.198. The summed E-state index contributed by atoms with van der Waals surface area (Å²) in [6.07, 6.45) is 4.49. The lowest BCUT2D eigenvalue weighted by Crippen LogP contribution is -2.22. The Morgan fingerprint density at radius 1 is 1.39 bits per heavy atom. The standard InChI is InChI=1S/C13H13N3O2/c14-7-11-1-3-13(4-2-11)18-9-12(17)8-16-6-5-15-10-16/h1-6,10,12,17H,8-9H2/t12-/m1/s1. The van der Waals surface area contributed by atoms with E-state index in [4.69, 9.17) is 10.00 Å². The first kappa shape index (κ1) is 12.1. The Balaban J connectivity index is 1.81. The quantitative estimate of drug-likeness (QED) is 0.856. The molecule has 5 heteroatoms. The first-order chi connectivity index (χ1) is 8.78. The lowest BCUT2D eigenvalue weighted by Gasteiger charge is -2.12. The van der Waals surface area contributed by atoms with E-state index in [2.05, 4.69) is 4.98 Å². The molecule has 0 bridgehead atoms. The minimum atomic E-state index is -0.602. The second kappa shape index (κ2) is 5.84. The zero-order valence-electron chi connectivity index (χ0n) is 9.73. The van der Waals surface area contributed by atoms with Gasteiger partial charge in [0, 0.05) is 12.4 Å². The second-order valence-electron chi connectivity index (χ2n) is 3.86. The lowest BCUT2D eigenvalue weighted by molar-refractivity contribution is 0.0925. The van der Waals surface area contributed by atoms with Crippen molar-refractivity contribution in [3.8, 4) is 11.8 Å². The molecule has 2 rings (SSSR count). The number of aliphatic hydroxyl groups is 1. The number of benzene rings is 1. The van der Waals surface area contributed by atoms with Gasteiger partial charge in [0.15, 0.2) is 0 Å². The number of aliphatic hydroxyl groups excluding tert-OH is 1. The molecule has 0 saturated heterocycles. The van der Waals surface area contributed by atoms with Gasteiger partial charge >= 0.3 is 0 Å². The van der Waals surface area contributed by atoms with Crippen molar-refractivity contribution in [2.24, 2.45) is 0 Å². The minimum Gasteiger partial charge on any atom is -0.491 e. The van der Waals surface area contributed by atoms with Crippen LogP contribution < -0.4 is 4.74 Å². The van der Waals surface area contributed by atoms with Gasteiger partial charge in [-0.3, -0.25) is 0 Å². The van der Waals surface area contributed by atoms with E-state index in [0.717, 1.165) is 0 Å². The van der Waals surface area contributed by atoms with Gasteiger partial charge in [-0.1, -0.05) is 0 Å². The molecule has 0 saturated carbocycles. The van der Waals surface area contributed by atoms with Gasteiger partial charge in [-0.25, -0.2) is 4.98 Å². The molecule has 0 aliphatic heterocycles. The zero-order chi connectivity index (χ0) is 12.8. The summed E-state index contributed by atoms with van der Waals surface area (Å²) in [6, 6.07) is 8.81. The monoisotopic (exact) mass is 243 g/mol. The van der Waals surface area contributed by atoms with Gasteiger partial charge in [-0.15, -0.1) is 0 Å². The Labute approximate surface area is 105 Å². The molecule has 1 atom stereocenters. The average Bonchev–Trinajstić information content (AvgIpc) is 2.90. The summed E-state index contributed by atoms with van der Waals surface area (Å²) in [7, 11) is 0. The number of rotatable bonds is 5. The fourth-order valence-electron chi connectivity index (χ4n) is 1.51. The van der Waals surface area contributed by atoms with Gasteiger partial charge in [0.05, 0.1) is 24.5 Å². The third-order valence-corrected chi connectivity index (χ3v) is 2.41. The number of nitriles is 1. The summed E-state index contributed by atoms with van der Waals surface area (Å²) < 4.78 is 7.21.